The number of nitrogens with zero attached hydrogens (tertiary/aromatic N) is 1. The molecule has 0 bridgehead atoms. The summed E-state index contributed by atoms with van der Waals surface area (Å²) in [5, 5.41) is 0. The van der Waals surface area contributed by atoms with Gasteiger partial charge in [0.1, 0.15) is 12.4 Å². The number of aryl methyl sites for hydroxylation is 1. The lowest BCUT2D eigenvalue weighted by Crippen LogP contribution is -2.37. The lowest BCUT2D eigenvalue weighted by atomic mass is 9.63. The van der Waals surface area contributed by atoms with Crippen LogP contribution >= 0.6 is 0 Å². The summed E-state index contributed by atoms with van der Waals surface area (Å²) in [6.45, 7) is 4.27. The van der Waals surface area contributed by atoms with Gasteiger partial charge >= 0.3 is 0 Å². The molecule has 3 unspecified atom stereocenters. The first-order valence-corrected chi connectivity index (χ1v) is 10.2. The van der Waals surface area contributed by atoms with Gasteiger partial charge in [-0.15, -0.1) is 0 Å². The van der Waals surface area contributed by atoms with Crippen molar-refractivity contribution in [2.75, 3.05) is 13.1 Å². The minimum absolute atomic E-state index is 0.244. The monoisotopic (exact) mass is 361 g/mol. The first kappa shape index (κ1) is 16.9. The molecule has 2 aromatic rings. The number of rotatable bonds is 3. The molecule has 140 valence electrons. The van der Waals surface area contributed by atoms with Crippen LogP contribution in [0.4, 0.5) is 0 Å². The van der Waals surface area contributed by atoms with Gasteiger partial charge in [0.2, 0.25) is 5.91 Å². The van der Waals surface area contributed by atoms with Crippen molar-refractivity contribution in [2.24, 2.45) is 11.3 Å². The van der Waals surface area contributed by atoms with E-state index in [2.05, 4.69) is 35.2 Å². The van der Waals surface area contributed by atoms with E-state index in [9.17, 15) is 4.79 Å². The zero-order chi connectivity index (χ0) is 18.4. The Morgan fingerprint density at radius 3 is 2.85 bits per heavy atom. The number of ether oxygens (including phenoxy) is 1. The third-order valence-corrected chi connectivity index (χ3v) is 7.28. The van der Waals surface area contributed by atoms with Crippen LogP contribution in [0.15, 0.2) is 48.5 Å². The van der Waals surface area contributed by atoms with E-state index in [0.29, 0.717) is 23.9 Å². The molecule has 27 heavy (non-hydrogen) atoms. The van der Waals surface area contributed by atoms with Gasteiger partial charge < -0.3 is 9.64 Å². The Kier molecular flexibility index (Phi) is 3.99. The number of carbonyl (C=O) groups is 1. The highest BCUT2D eigenvalue weighted by molar-refractivity contribution is 5.73. The highest BCUT2D eigenvalue weighted by Gasteiger charge is 2.57. The number of amides is 1. The highest BCUT2D eigenvalue weighted by atomic mass is 16.5. The summed E-state index contributed by atoms with van der Waals surface area (Å²) in [5.41, 5.74) is 4.49. The van der Waals surface area contributed by atoms with Gasteiger partial charge in [0.05, 0.1) is 0 Å². The van der Waals surface area contributed by atoms with Crippen LogP contribution in [-0.2, 0) is 17.8 Å². The molecule has 0 radical (unpaired) electrons. The molecule has 1 spiro atoms. The maximum Gasteiger partial charge on any atom is 0.219 e. The van der Waals surface area contributed by atoms with E-state index < -0.39 is 0 Å². The number of hydrogen-bond acceptors (Lipinski definition) is 2. The number of carbonyl (C=O) groups excluding carboxylic acids is 1. The predicted molar refractivity (Wildman–Crippen MR) is 106 cm³/mol. The second-order valence-electron chi connectivity index (χ2n) is 8.59. The molecular weight excluding hydrogens is 334 g/mol. The smallest absolute Gasteiger partial charge is 0.219 e. The van der Waals surface area contributed by atoms with Gasteiger partial charge in [-0.1, -0.05) is 36.4 Å². The summed E-state index contributed by atoms with van der Waals surface area (Å²) in [7, 11) is 0. The first-order chi connectivity index (χ1) is 13.2. The average molecular weight is 361 g/mol. The van der Waals surface area contributed by atoms with Crippen molar-refractivity contribution >= 4 is 5.91 Å². The van der Waals surface area contributed by atoms with Gasteiger partial charge in [0, 0.05) is 20.0 Å². The van der Waals surface area contributed by atoms with E-state index in [-0.39, 0.29) is 5.91 Å². The SMILES string of the molecule is CC(=O)N1CC2CCC3c4ccc(OCc5ccccc5)cc4CCC23C1. The van der Waals surface area contributed by atoms with Crippen molar-refractivity contribution < 1.29 is 9.53 Å². The minimum Gasteiger partial charge on any atom is -0.489 e. The normalized spacial score (nSPS) is 28.4. The lowest BCUT2D eigenvalue weighted by Gasteiger charge is -2.41. The predicted octanol–water partition coefficient (Wildman–Crippen LogP) is 4.55. The van der Waals surface area contributed by atoms with Crippen molar-refractivity contribution in [1.82, 2.24) is 4.90 Å². The molecule has 3 atom stereocenters. The molecule has 0 N–H and O–H groups in total. The number of fused-ring (bicyclic) bond motifs is 2. The molecule has 3 heteroatoms. The van der Waals surface area contributed by atoms with Gasteiger partial charge in [-0.05, 0) is 71.8 Å². The third kappa shape index (κ3) is 2.75. The molecule has 1 aliphatic heterocycles. The molecule has 1 saturated heterocycles. The Labute approximate surface area is 161 Å². The molecule has 2 aliphatic carbocycles. The Hall–Kier alpha value is -2.29. The van der Waals surface area contributed by atoms with Crippen molar-refractivity contribution in [3.8, 4) is 5.75 Å². The zero-order valence-corrected chi connectivity index (χ0v) is 16.0. The number of benzene rings is 2. The molecule has 2 aromatic carbocycles. The Bertz CT molecular complexity index is 862. The minimum atomic E-state index is 0.244. The fourth-order valence-corrected chi connectivity index (χ4v) is 5.92. The molecule has 1 amide bonds. The standard InChI is InChI=1S/C24H27NO2/c1-17(26)25-14-20-7-10-23-22-9-8-21(27-15-18-5-3-2-4-6-18)13-19(22)11-12-24(20,23)16-25/h2-6,8-9,13,20,23H,7,10-12,14-16H2,1H3. The summed E-state index contributed by atoms with van der Waals surface area (Å²) < 4.78 is 6.05. The molecule has 3 aliphatic rings. The van der Waals surface area contributed by atoms with Gasteiger partial charge in [0.25, 0.3) is 0 Å². The fourth-order valence-electron chi connectivity index (χ4n) is 5.92. The number of hydrogen-bond donors (Lipinski definition) is 0. The van der Waals surface area contributed by atoms with Crippen LogP contribution in [0.25, 0.3) is 0 Å². The maximum absolute atomic E-state index is 11.9. The van der Waals surface area contributed by atoms with E-state index in [0.717, 1.165) is 25.3 Å². The molecular formula is C24H27NO2. The van der Waals surface area contributed by atoms with E-state index in [1.165, 1.54) is 36.0 Å². The Morgan fingerprint density at radius 1 is 1.19 bits per heavy atom. The summed E-state index contributed by atoms with van der Waals surface area (Å²) >= 11 is 0. The van der Waals surface area contributed by atoms with Crippen LogP contribution in [0.1, 0.15) is 48.8 Å². The first-order valence-electron chi connectivity index (χ1n) is 10.2. The van der Waals surface area contributed by atoms with E-state index in [1.54, 1.807) is 6.92 Å². The lowest BCUT2D eigenvalue weighted by molar-refractivity contribution is -0.128. The third-order valence-electron chi connectivity index (χ3n) is 7.28. The van der Waals surface area contributed by atoms with E-state index in [1.807, 2.05) is 18.2 Å². The second-order valence-corrected chi connectivity index (χ2v) is 8.59. The van der Waals surface area contributed by atoms with Crippen LogP contribution in [0, 0.1) is 11.3 Å². The Balaban J connectivity index is 1.37. The largest absolute Gasteiger partial charge is 0.489 e. The van der Waals surface area contributed by atoms with Crippen molar-refractivity contribution in [1.29, 1.82) is 0 Å². The van der Waals surface area contributed by atoms with Crippen LogP contribution in [-0.4, -0.2) is 23.9 Å². The molecule has 0 aromatic heterocycles. The van der Waals surface area contributed by atoms with Crippen LogP contribution < -0.4 is 4.74 Å². The molecule has 3 nitrogen and oxygen atoms in total. The van der Waals surface area contributed by atoms with Crippen LogP contribution in [0.5, 0.6) is 5.75 Å². The summed E-state index contributed by atoms with van der Waals surface area (Å²) in [4.78, 5) is 14.0. The topological polar surface area (TPSA) is 29.5 Å². The highest BCUT2D eigenvalue weighted by Crippen LogP contribution is 2.61. The van der Waals surface area contributed by atoms with Crippen molar-refractivity contribution in [3.63, 3.8) is 0 Å². The summed E-state index contributed by atoms with van der Waals surface area (Å²) in [5.74, 6) is 2.51. The zero-order valence-electron chi connectivity index (χ0n) is 16.0. The molecule has 5 rings (SSSR count). The number of likely N-dealkylation sites (tertiary alicyclic amines) is 1. The van der Waals surface area contributed by atoms with Gasteiger partial charge in [0.15, 0.2) is 0 Å². The fraction of sp³-hybridized carbons (Fsp3) is 0.458. The van der Waals surface area contributed by atoms with Gasteiger partial charge in [-0.2, -0.15) is 0 Å². The quantitative estimate of drug-likeness (QED) is 0.802. The molecule has 1 saturated carbocycles. The molecule has 2 fully saturated rings. The summed E-state index contributed by atoms with van der Waals surface area (Å²) in [6, 6.07) is 17.0. The van der Waals surface area contributed by atoms with E-state index in [4.69, 9.17) is 4.74 Å². The van der Waals surface area contributed by atoms with E-state index >= 15 is 0 Å². The van der Waals surface area contributed by atoms with Crippen molar-refractivity contribution in [2.45, 2.75) is 45.1 Å². The maximum atomic E-state index is 11.9. The van der Waals surface area contributed by atoms with Gasteiger partial charge in [-0.3, -0.25) is 4.79 Å². The summed E-state index contributed by atoms with van der Waals surface area (Å²) in [6.07, 6.45) is 4.85. The van der Waals surface area contributed by atoms with Crippen LogP contribution in [0.2, 0.25) is 0 Å². The average Bonchev–Trinajstić information content (AvgIpc) is 3.22. The Morgan fingerprint density at radius 2 is 2.04 bits per heavy atom. The van der Waals surface area contributed by atoms with Crippen molar-refractivity contribution in [3.05, 3.63) is 65.2 Å². The molecule has 1 heterocycles. The second kappa shape index (κ2) is 6.40. The van der Waals surface area contributed by atoms with Crippen LogP contribution in [0.3, 0.4) is 0 Å². The van der Waals surface area contributed by atoms with Gasteiger partial charge in [-0.25, -0.2) is 0 Å².